The molecular formula is C9H9F3O2S. The first-order chi connectivity index (χ1) is 6.89. The molecular weight excluding hydrogens is 229 g/mol. The van der Waals surface area contributed by atoms with E-state index in [1.165, 1.54) is 11.3 Å². The van der Waals surface area contributed by atoms with Crippen LogP contribution in [0, 0.1) is 5.92 Å². The van der Waals surface area contributed by atoms with Crippen molar-refractivity contribution >= 4 is 17.3 Å². The number of hydrogen-bond acceptors (Lipinski definition) is 2. The Morgan fingerprint density at radius 1 is 1.53 bits per heavy atom. The van der Waals surface area contributed by atoms with Gasteiger partial charge in [0.05, 0.1) is 12.3 Å². The van der Waals surface area contributed by atoms with Gasteiger partial charge in [0.2, 0.25) is 0 Å². The smallest absolute Gasteiger partial charge is 0.392 e. The standard InChI is InChI=1S/C9H9F3O2S/c10-9(11,12)6(5-8(13)14)4-7-2-1-3-15-7/h1-3,6H,4-5H2,(H,13,14). The summed E-state index contributed by atoms with van der Waals surface area (Å²) in [6, 6.07) is 3.22. The fraction of sp³-hybridized carbons (Fsp3) is 0.444. The van der Waals surface area contributed by atoms with Crippen molar-refractivity contribution in [1.82, 2.24) is 0 Å². The minimum absolute atomic E-state index is 0.256. The third-order valence-electron chi connectivity index (χ3n) is 1.91. The third kappa shape index (κ3) is 3.91. The number of hydrogen-bond donors (Lipinski definition) is 1. The minimum Gasteiger partial charge on any atom is -0.481 e. The second-order valence-corrected chi connectivity index (χ2v) is 4.15. The van der Waals surface area contributed by atoms with E-state index in [9.17, 15) is 18.0 Å². The van der Waals surface area contributed by atoms with Gasteiger partial charge in [-0.05, 0) is 17.9 Å². The molecule has 1 heterocycles. The van der Waals surface area contributed by atoms with Gasteiger partial charge in [-0.2, -0.15) is 13.2 Å². The molecule has 0 fully saturated rings. The molecule has 1 N–H and O–H groups in total. The molecule has 1 aromatic heterocycles. The second-order valence-electron chi connectivity index (χ2n) is 3.12. The molecule has 0 radical (unpaired) electrons. The summed E-state index contributed by atoms with van der Waals surface area (Å²) in [5, 5.41) is 10.0. The maximum atomic E-state index is 12.4. The van der Waals surface area contributed by atoms with Gasteiger partial charge in [-0.1, -0.05) is 6.07 Å². The number of carbonyl (C=O) groups is 1. The van der Waals surface area contributed by atoms with Gasteiger partial charge in [0.25, 0.3) is 0 Å². The Morgan fingerprint density at radius 2 is 2.20 bits per heavy atom. The molecule has 1 rings (SSSR count). The van der Waals surface area contributed by atoms with Crippen LogP contribution in [0.5, 0.6) is 0 Å². The largest absolute Gasteiger partial charge is 0.481 e. The Hall–Kier alpha value is -1.04. The lowest BCUT2D eigenvalue weighted by Crippen LogP contribution is -2.27. The van der Waals surface area contributed by atoms with Crippen molar-refractivity contribution in [3.63, 3.8) is 0 Å². The van der Waals surface area contributed by atoms with Crippen molar-refractivity contribution in [1.29, 1.82) is 0 Å². The van der Waals surface area contributed by atoms with Crippen LogP contribution in [-0.2, 0) is 11.2 Å². The highest BCUT2D eigenvalue weighted by molar-refractivity contribution is 7.09. The van der Waals surface area contributed by atoms with Crippen molar-refractivity contribution in [3.05, 3.63) is 22.4 Å². The zero-order chi connectivity index (χ0) is 11.5. The summed E-state index contributed by atoms with van der Waals surface area (Å²) in [4.78, 5) is 10.8. The van der Waals surface area contributed by atoms with Gasteiger partial charge in [-0.15, -0.1) is 11.3 Å². The van der Waals surface area contributed by atoms with Crippen LogP contribution in [0.1, 0.15) is 11.3 Å². The van der Waals surface area contributed by atoms with Crippen LogP contribution in [0.3, 0.4) is 0 Å². The Bertz CT molecular complexity index is 319. The minimum atomic E-state index is -4.46. The van der Waals surface area contributed by atoms with E-state index >= 15 is 0 Å². The molecule has 0 saturated heterocycles. The fourth-order valence-electron chi connectivity index (χ4n) is 1.19. The van der Waals surface area contributed by atoms with E-state index in [1.807, 2.05) is 0 Å². The Labute approximate surface area is 88.3 Å². The van der Waals surface area contributed by atoms with E-state index < -0.39 is 24.5 Å². The number of alkyl halides is 3. The van der Waals surface area contributed by atoms with Gasteiger partial charge >= 0.3 is 12.1 Å². The molecule has 0 bridgehead atoms. The van der Waals surface area contributed by atoms with Gasteiger partial charge in [0.1, 0.15) is 0 Å². The molecule has 0 amide bonds. The highest BCUT2D eigenvalue weighted by Crippen LogP contribution is 2.32. The van der Waals surface area contributed by atoms with Gasteiger partial charge in [-0.25, -0.2) is 0 Å². The molecule has 1 aromatic rings. The first-order valence-corrected chi connectivity index (χ1v) is 5.08. The maximum absolute atomic E-state index is 12.4. The summed E-state index contributed by atoms with van der Waals surface area (Å²) in [6.45, 7) is 0. The highest BCUT2D eigenvalue weighted by atomic mass is 32.1. The molecule has 0 aliphatic carbocycles. The monoisotopic (exact) mass is 238 g/mol. The van der Waals surface area contributed by atoms with Gasteiger partial charge in [-0.3, -0.25) is 4.79 Å². The van der Waals surface area contributed by atoms with Crippen LogP contribution in [0.4, 0.5) is 13.2 Å². The highest BCUT2D eigenvalue weighted by Gasteiger charge is 2.40. The number of carboxylic acids is 1. The number of rotatable bonds is 4. The number of thiophene rings is 1. The molecule has 1 unspecified atom stereocenters. The number of carboxylic acid groups (broad SMARTS) is 1. The van der Waals surface area contributed by atoms with Crippen LogP contribution < -0.4 is 0 Å². The molecule has 15 heavy (non-hydrogen) atoms. The molecule has 0 aliphatic rings. The van der Waals surface area contributed by atoms with E-state index in [1.54, 1.807) is 17.5 Å². The van der Waals surface area contributed by atoms with Crippen LogP contribution in [0.2, 0.25) is 0 Å². The zero-order valence-corrected chi connectivity index (χ0v) is 8.44. The molecule has 6 heteroatoms. The van der Waals surface area contributed by atoms with Gasteiger partial charge in [0, 0.05) is 4.88 Å². The SMILES string of the molecule is O=C(O)CC(Cc1cccs1)C(F)(F)F. The van der Waals surface area contributed by atoms with Crippen molar-refractivity contribution in [2.45, 2.75) is 19.0 Å². The predicted octanol–water partition coefficient (Wildman–Crippen LogP) is 2.94. The molecule has 0 aliphatic heterocycles. The predicted molar refractivity (Wildman–Crippen MR) is 49.8 cm³/mol. The quantitative estimate of drug-likeness (QED) is 0.875. The summed E-state index contributed by atoms with van der Waals surface area (Å²) in [5.41, 5.74) is 0. The van der Waals surface area contributed by atoms with Crippen LogP contribution in [0.25, 0.3) is 0 Å². The first kappa shape index (κ1) is 12.0. The zero-order valence-electron chi connectivity index (χ0n) is 7.62. The summed E-state index contributed by atoms with van der Waals surface area (Å²) in [6.07, 6.45) is -5.59. The van der Waals surface area contributed by atoms with Crippen molar-refractivity contribution in [2.24, 2.45) is 5.92 Å². The normalized spacial score (nSPS) is 13.8. The average molecular weight is 238 g/mol. The third-order valence-corrected chi connectivity index (χ3v) is 2.81. The molecule has 0 aromatic carbocycles. The van der Waals surface area contributed by atoms with E-state index in [4.69, 9.17) is 5.11 Å². The molecule has 0 saturated carbocycles. The Kier molecular flexibility index (Phi) is 3.73. The van der Waals surface area contributed by atoms with Crippen LogP contribution in [-0.4, -0.2) is 17.3 Å². The fourth-order valence-corrected chi connectivity index (χ4v) is 1.97. The lowest BCUT2D eigenvalue weighted by molar-refractivity contribution is -0.182. The first-order valence-electron chi connectivity index (χ1n) is 4.20. The van der Waals surface area contributed by atoms with Crippen molar-refractivity contribution < 1.29 is 23.1 Å². The molecule has 1 atom stereocenters. The van der Waals surface area contributed by atoms with Crippen LogP contribution >= 0.6 is 11.3 Å². The lowest BCUT2D eigenvalue weighted by atomic mass is 10.00. The van der Waals surface area contributed by atoms with Crippen molar-refractivity contribution in [2.75, 3.05) is 0 Å². The number of halogens is 3. The molecule has 0 spiro atoms. The topological polar surface area (TPSA) is 37.3 Å². The molecule has 2 nitrogen and oxygen atoms in total. The summed E-state index contributed by atoms with van der Waals surface area (Å²) >= 11 is 1.20. The van der Waals surface area contributed by atoms with E-state index in [0.29, 0.717) is 4.88 Å². The van der Waals surface area contributed by atoms with Gasteiger partial charge in [0.15, 0.2) is 0 Å². The van der Waals surface area contributed by atoms with Gasteiger partial charge < -0.3 is 5.11 Å². The van der Waals surface area contributed by atoms with Crippen molar-refractivity contribution in [3.8, 4) is 0 Å². The lowest BCUT2D eigenvalue weighted by Gasteiger charge is -2.17. The van der Waals surface area contributed by atoms with E-state index in [0.717, 1.165) is 0 Å². The second kappa shape index (κ2) is 4.65. The Balaban J connectivity index is 2.69. The summed E-state index contributed by atoms with van der Waals surface area (Å²) in [5.74, 6) is -3.22. The molecule has 84 valence electrons. The van der Waals surface area contributed by atoms with Crippen LogP contribution in [0.15, 0.2) is 17.5 Å². The average Bonchev–Trinajstić information content (AvgIpc) is 2.53. The number of aliphatic carboxylic acids is 1. The summed E-state index contributed by atoms with van der Waals surface area (Å²) in [7, 11) is 0. The Morgan fingerprint density at radius 3 is 2.60 bits per heavy atom. The summed E-state index contributed by atoms with van der Waals surface area (Å²) < 4.78 is 37.2. The van der Waals surface area contributed by atoms with E-state index in [2.05, 4.69) is 0 Å². The van der Waals surface area contributed by atoms with E-state index in [-0.39, 0.29) is 6.42 Å². The maximum Gasteiger partial charge on any atom is 0.392 e.